The fraction of sp³-hybridized carbons (Fsp3) is 0.353. The summed E-state index contributed by atoms with van der Waals surface area (Å²) < 4.78 is 6.97. The number of nitrogens with zero attached hydrogens (tertiary/aromatic N) is 2. The van der Waals surface area contributed by atoms with Crippen molar-refractivity contribution in [2.24, 2.45) is 0 Å². The quantitative estimate of drug-likeness (QED) is 0.738. The Balaban J connectivity index is 2.55. The molecule has 0 saturated heterocycles. The second-order valence-electron chi connectivity index (χ2n) is 4.91. The van der Waals surface area contributed by atoms with Gasteiger partial charge in [-0.05, 0) is 31.5 Å². The Morgan fingerprint density at radius 2 is 2.05 bits per heavy atom. The van der Waals surface area contributed by atoms with Crippen molar-refractivity contribution in [3.63, 3.8) is 0 Å². The lowest BCUT2D eigenvalue weighted by Crippen LogP contribution is -2.26. The number of aromatic nitrogens is 2. The summed E-state index contributed by atoms with van der Waals surface area (Å²) in [6.45, 7) is 4.98. The van der Waals surface area contributed by atoms with Crippen molar-refractivity contribution in [2.45, 2.75) is 33.2 Å². The molecule has 22 heavy (non-hydrogen) atoms. The second kappa shape index (κ2) is 7.54. The van der Waals surface area contributed by atoms with Gasteiger partial charge < -0.3 is 4.74 Å². The minimum absolute atomic E-state index is 0.118. The molecule has 1 aromatic heterocycles. The van der Waals surface area contributed by atoms with Crippen LogP contribution < -0.4 is 10.3 Å². The van der Waals surface area contributed by atoms with E-state index >= 15 is 0 Å². The van der Waals surface area contributed by atoms with E-state index in [2.05, 4.69) is 5.10 Å². The number of unbranched alkanes of at least 4 members (excludes halogenated alkanes) is 1. The zero-order chi connectivity index (χ0) is 15.9. The molecule has 0 spiro atoms. The molecule has 0 aliphatic heterocycles. The molecule has 0 unspecified atom stereocenters. The van der Waals surface area contributed by atoms with Gasteiger partial charge in [0.25, 0.3) is 5.56 Å². The summed E-state index contributed by atoms with van der Waals surface area (Å²) in [6, 6.07) is 9.00. The van der Waals surface area contributed by atoms with E-state index in [4.69, 9.17) is 4.74 Å². The van der Waals surface area contributed by atoms with Gasteiger partial charge in [0, 0.05) is 12.1 Å². The summed E-state index contributed by atoms with van der Waals surface area (Å²) in [7, 11) is 0. The largest absolute Gasteiger partial charge is 0.493 e. The first-order valence-corrected chi connectivity index (χ1v) is 7.50. The van der Waals surface area contributed by atoms with Crippen molar-refractivity contribution >= 4 is 6.29 Å². The van der Waals surface area contributed by atoms with Gasteiger partial charge >= 0.3 is 0 Å². The van der Waals surface area contributed by atoms with E-state index in [1.165, 1.54) is 10.7 Å². The van der Waals surface area contributed by atoms with Crippen molar-refractivity contribution in [1.29, 1.82) is 0 Å². The zero-order valence-corrected chi connectivity index (χ0v) is 12.9. The number of rotatable bonds is 7. The number of carbonyl (C=O) groups is 1. The maximum absolute atomic E-state index is 12.1. The topological polar surface area (TPSA) is 61.2 Å². The summed E-state index contributed by atoms with van der Waals surface area (Å²) in [6.07, 6.45) is 2.37. The number of aryl methyl sites for hydroxylation is 1. The van der Waals surface area contributed by atoms with Crippen LogP contribution >= 0.6 is 0 Å². The lowest BCUT2D eigenvalue weighted by Gasteiger charge is -2.12. The van der Waals surface area contributed by atoms with Gasteiger partial charge in [-0.25, -0.2) is 4.68 Å². The predicted molar refractivity (Wildman–Crippen MR) is 85.4 cm³/mol. The van der Waals surface area contributed by atoms with Crippen LogP contribution in [0.25, 0.3) is 11.3 Å². The Morgan fingerprint density at radius 3 is 2.73 bits per heavy atom. The number of hydrogen-bond acceptors (Lipinski definition) is 4. The van der Waals surface area contributed by atoms with Gasteiger partial charge in [0.1, 0.15) is 5.75 Å². The van der Waals surface area contributed by atoms with E-state index < -0.39 is 0 Å². The van der Waals surface area contributed by atoms with Crippen LogP contribution in [-0.2, 0) is 6.54 Å². The summed E-state index contributed by atoms with van der Waals surface area (Å²) in [5.41, 5.74) is 1.12. The molecule has 5 nitrogen and oxygen atoms in total. The zero-order valence-electron chi connectivity index (χ0n) is 12.9. The highest BCUT2D eigenvalue weighted by Crippen LogP contribution is 2.28. The average Bonchev–Trinajstić information content (AvgIpc) is 2.55. The Kier molecular flexibility index (Phi) is 5.47. The first-order chi connectivity index (χ1) is 10.7. The average molecular weight is 300 g/mol. The highest BCUT2D eigenvalue weighted by atomic mass is 16.5. The number of aldehydes is 1. The maximum atomic E-state index is 12.1. The highest BCUT2D eigenvalue weighted by molar-refractivity contribution is 5.78. The Morgan fingerprint density at radius 1 is 1.27 bits per heavy atom. The van der Waals surface area contributed by atoms with E-state index in [1.54, 1.807) is 0 Å². The Hall–Kier alpha value is -2.43. The van der Waals surface area contributed by atoms with E-state index in [0.29, 0.717) is 30.9 Å². The second-order valence-corrected chi connectivity index (χ2v) is 4.91. The van der Waals surface area contributed by atoms with Crippen LogP contribution in [0.2, 0.25) is 0 Å². The number of hydrogen-bond donors (Lipinski definition) is 0. The minimum Gasteiger partial charge on any atom is -0.493 e. The normalized spacial score (nSPS) is 10.5. The first-order valence-electron chi connectivity index (χ1n) is 7.50. The molecule has 0 bridgehead atoms. The molecule has 0 amide bonds. The number of para-hydroxylation sites is 1. The van der Waals surface area contributed by atoms with E-state index in [0.717, 1.165) is 18.4 Å². The smallest absolute Gasteiger partial charge is 0.277 e. The monoisotopic (exact) mass is 300 g/mol. The maximum Gasteiger partial charge on any atom is 0.277 e. The molecular formula is C17H20N2O3. The summed E-state index contributed by atoms with van der Waals surface area (Å²) in [5, 5.41) is 4.40. The fourth-order valence-electron chi connectivity index (χ4n) is 2.20. The molecule has 0 radical (unpaired) electrons. The third kappa shape index (κ3) is 3.42. The van der Waals surface area contributed by atoms with Crippen LogP contribution in [0.15, 0.2) is 35.1 Å². The van der Waals surface area contributed by atoms with E-state index in [9.17, 15) is 9.59 Å². The number of benzene rings is 1. The molecular weight excluding hydrogens is 280 g/mol. The van der Waals surface area contributed by atoms with Gasteiger partial charge in [-0.2, -0.15) is 5.10 Å². The highest BCUT2D eigenvalue weighted by Gasteiger charge is 2.12. The third-order valence-corrected chi connectivity index (χ3v) is 3.32. The number of carbonyl (C=O) groups excluding carboxylic acids is 1. The van der Waals surface area contributed by atoms with Crippen molar-refractivity contribution in [3.8, 4) is 17.0 Å². The van der Waals surface area contributed by atoms with Gasteiger partial charge in [0.15, 0.2) is 6.29 Å². The minimum atomic E-state index is -0.346. The molecule has 1 heterocycles. The SMILES string of the molecule is CCCCn1nc(-c2ccccc2OCC)cc(C=O)c1=O. The van der Waals surface area contributed by atoms with Crippen molar-refractivity contribution in [1.82, 2.24) is 9.78 Å². The lowest BCUT2D eigenvalue weighted by atomic mass is 10.1. The molecule has 5 heteroatoms. The molecule has 0 atom stereocenters. The van der Waals surface area contributed by atoms with E-state index in [1.807, 2.05) is 38.1 Å². The molecule has 0 fully saturated rings. The van der Waals surface area contributed by atoms with Gasteiger partial charge in [-0.1, -0.05) is 25.5 Å². The molecule has 116 valence electrons. The summed E-state index contributed by atoms with van der Waals surface area (Å²) in [5.74, 6) is 0.690. The Labute approximate surface area is 129 Å². The molecule has 2 aromatic rings. The van der Waals surface area contributed by atoms with Crippen molar-refractivity contribution in [2.75, 3.05) is 6.61 Å². The van der Waals surface area contributed by atoms with Crippen molar-refractivity contribution < 1.29 is 9.53 Å². The van der Waals surface area contributed by atoms with Gasteiger partial charge in [0.05, 0.1) is 17.9 Å². The fourth-order valence-corrected chi connectivity index (χ4v) is 2.20. The molecule has 2 rings (SSSR count). The molecule has 0 aliphatic rings. The standard InChI is InChI=1S/C17H20N2O3/c1-3-5-10-19-17(21)13(12-20)11-15(18-19)14-8-6-7-9-16(14)22-4-2/h6-9,11-12H,3-5,10H2,1-2H3. The van der Waals surface area contributed by atoms with Crippen LogP contribution in [0, 0.1) is 0 Å². The van der Waals surface area contributed by atoms with Crippen LogP contribution in [0.3, 0.4) is 0 Å². The molecule has 0 aliphatic carbocycles. The van der Waals surface area contributed by atoms with Crippen LogP contribution in [0.5, 0.6) is 5.75 Å². The summed E-state index contributed by atoms with van der Waals surface area (Å²) in [4.78, 5) is 23.3. The number of ether oxygens (including phenoxy) is 1. The predicted octanol–water partition coefficient (Wildman–Crippen LogP) is 2.92. The van der Waals surface area contributed by atoms with Crippen LogP contribution in [0.4, 0.5) is 0 Å². The van der Waals surface area contributed by atoms with E-state index in [-0.39, 0.29) is 11.1 Å². The molecule has 0 N–H and O–H groups in total. The van der Waals surface area contributed by atoms with Crippen molar-refractivity contribution in [3.05, 3.63) is 46.2 Å². The third-order valence-electron chi connectivity index (χ3n) is 3.32. The summed E-state index contributed by atoms with van der Waals surface area (Å²) >= 11 is 0. The van der Waals surface area contributed by atoms with Gasteiger partial charge in [0.2, 0.25) is 0 Å². The lowest BCUT2D eigenvalue weighted by molar-refractivity contribution is 0.112. The Bertz CT molecular complexity index is 707. The first kappa shape index (κ1) is 15.9. The van der Waals surface area contributed by atoms with Gasteiger partial charge in [-0.3, -0.25) is 9.59 Å². The van der Waals surface area contributed by atoms with Gasteiger partial charge in [-0.15, -0.1) is 0 Å². The van der Waals surface area contributed by atoms with Crippen LogP contribution in [-0.4, -0.2) is 22.7 Å². The molecule has 0 saturated carbocycles. The molecule has 1 aromatic carbocycles. The van der Waals surface area contributed by atoms with Crippen LogP contribution in [0.1, 0.15) is 37.0 Å².